The number of fused-ring (bicyclic) bond motifs is 1. The Bertz CT molecular complexity index is 882. The summed E-state index contributed by atoms with van der Waals surface area (Å²) in [6.45, 7) is -1.19. The molecule has 0 saturated carbocycles. The Labute approximate surface area is 139 Å². The van der Waals surface area contributed by atoms with Gasteiger partial charge in [0.05, 0.1) is 11.5 Å². The molecule has 0 aliphatic rings. The molecule has 2 rings (SSSR count). The van der Waals surface area contributed by atoms with Crippen molar-refractivity contribution in [1.29, 1.82) is 0 Å². The molecule has 0 spiro atoms. The second kappa shape index (κ2) is 6.36. The molecule has 0 heterocycles. The molecule has 5 N–H and O–H groups in total. The second-order valence-corrected chi connectivity index (χ2v) is 7.75. The molecule has 2 aromatic rings. The fourth-order valence-electron chi connectivity index (χ4n) is 2.38. The number of benzene rings is 2. The Morgan fingerprint density at radius 1 is 1.29 bits per heavy atom. The summed E-state index contributed by atoms with van der Waals surface area (Å²) < 4.78 is 25.5. The van der Waals surface area contributed by atoms with Crippen LogP contribution in [-0.2, 0) is 14.6 Å². The lowest BCUT2D eigenvalue weighted by Gasteiger charge is -2.25. The molecule has 8 nitrogen and oxygen atoms in total. The van der Waals surface area contributed by atoms with E-state index >= 15 is 0 Å². The highest BCUT2D eigenvalue weighted by atomic mass is 32.2. The molecular formula is C15H19N3O5S. The minimum atomic E-state index is -4.46. The first-order valence-electron chi connectivity index (χ1n) is 6.98. The van der Waals surface area contributed by atoms with Crippen LogP contribution in [0, 0.1) is 0 Å². The number of rotatable bonds is 5. The number of hydrogen-bond donors (Lipinski definition) is 4. The number of nitrogens with one attached hydrogen (secondary N) is 1. The summed E-state index contributed by atoms with van der Waals surface area (Å²) in [6, 6.07) is 9.76. The molecule has 0 aliphatic carbocycles. The molecule has 9 heteroatoms. The predicted molar refractivity (Wildman–Crippen MR) is 89.4 cm³/mol. The molecule has 0 aromatic heterocycles. The van der Waals surface area contributed by atoms with Crippen LogP contribution in [0.4, 0.5) is 5.69 Å². The zero-order valence-corrected chi connectivity index (χ0v) is 14.0. The van der Waals surface area contributed by atoms with E-state index < -0.39 is 27.2 Å². The van der Waals surface area contributed by atoms with Crippen LogP contribution in [0.25, 0.3) is 10.8 Å². The van der Waals surface area contributed by atoms with Crippen molar-refractivity contribution in [2.45, 2.75) is 9.77 Å². The highest BCUT2D eigenvalue weighted by molar-refractivity contribution is 7.93. The lowest BCUT2D eigenvalue weighted by molar-refractivity contribution is -0.132. The summed E-state index contributed by atoms with van der Waals surface area (Å²) >= 11 is 0. The average molecular weight is 353 g/mol. The number of nitrogens with zero attached hydrogens (tertiary/aromatic N) is 1. The van der Waals surface area contributed by atoms with Crippen molar-refractivity contribution >= 4 is 32.2 Å². The predicted octanol–water partition coefficient (Wildman–Crippen LogP) is -0.168. The van der Waals surface area contributed by atoms with E-state index in [1.54, 1.807) is 6.07 Å². The Balaban J connectivity index is 2.72. The topological polar surface area (TPSA) is 133 Å². The highest BCUT2D eigenvalue weighted by Gasteiger charge is 2.48. The monoisotopic (exact) mass is 353 g/mol. The van der Waals surface area contributed by atoms with E-state index in [4.69, 9.17) is 10.9 Å². The molecule has 1 amide bonds. The van der Waals surface area contributed by atoms with Gasteiger partial charge in [-0.3, -0.25) is 10.0 Å². The fraction of sp³-hybridized carbons (Fsp3) is 0.267. The van der Waals surface area contributed by atoms with Crippen molar-refractivity contribution in [1.82, 2.24) is 5.48 Å². The van der Waals surface area contributed by atoms with Crippen molar-refractivity contribution in [2.75, 3.05) is 25.6 Å². The van der Waals surface area contributed by atoms with Crippen molar-refractivity contribution in [3.05, 3.63) is 36.4 Å². The van der Waals surface area contributed by atoms with Crippen LogP contribution in [-0.4, -0.2) is 50.2 Å². The van der Waals surface area contributed by atoms with E-state index in [2.05, 4.69) is 0 Å². The SMILES string of the molecule is CN(C)c1cccc2ccc(S(=O)(=O)[C@](N)(CO)C(=O)NO)cc12. The number of aliphatic hydroxyl groups is 1. The highest BCUT2D eigenvalue weighted by Crippen LogP contribution is 2.30. The molecule has 0 fully saturated rings. The van der Waals surface area contributed by atoms with Gasteiger partial charge in [-0.15, -0.1) is 0 Å². The molecule has 24 heavy (non-hydrogen) atoms. The molecule has 0 aliphatic heterocycles. The Morgan fingerprint density at radius 2 is 1.96 bits per heavy atom. The van der Waals surface area contributed by atoms with Gasteiger partial charge in [0.15, 0.2) is 0 Å². The van der Waals surface area contributed by atoms with Crippen LogP contribution >= 0.6 is 0 Å². The summed E-state index contributed by atoms with van der Waals surface area (Å²) in [5.74, 6) is -1.41. The van der Waals surface area contributed by atoms with Gasteiger partial charge in [0.1, 0.15) is 0 Å². The maximum Gasteiger partial charge on any atom is 0.281 e. The maximum absolute atomic E-state index is 12.7. The first kappa shape index (κ1) is 18.1. The third-order valence-electron chi connectivity index (χ3n) is 3.82. The van der Waals surface area contributed by atoms with Gasteiger partial charge >= 0.3 is 0 Å². The van der Waals surface area contributed by atoms with Gasteiger partial charge in [0.25, 0.3) is 5.91 Å². The second-order valence-electron chi connectivity index (χ2n) is 5.55. The van der Waals surface area contributed by atoms with Gasteiger partial charge in [0.2, 0.25) is 14.7 Å². The minimum Gasteiger partial charge on any atom is -0.393 e. The molecular weight excluding hydrogens is 334 g/mol. The third kappa shape index (κ3) is 2.71. The normalized spacial score (nSPS) is 14.2. The van der Waals surface area contributed by atoms with E-state index in [9.17, 15) is 18.3 Å². The maximum atomic E-state index is 12.7. The van der Waals surface area contributed by atoms with Gasteiger partial charge < -0.3 is 15.7 Å². The quantitative estimate of drug-likeness (QED) is 0.433. The van der Waals surface area contributed by atoms with Crippen molar-refractivity contribution in [3.63, 3.8) is 0 Å². The number of hydroxylamine groups is 1. The van der Waals surface area contributed by atoms with Gasteiger partial charge in [-0.2, -0.15) is 0 Å². The van der Waals surface area contributed by atoms with Crippen LogP contribution in [0.1, 0.15) is 0 Å². The Morgan fingerprint density at radius 3 is 2.50 bits per heavy atom. The molecule has 0 saturated heterocycles. The fourth-order valence-corrected chi connectivity index (χ4v) is 3.78. The number of hydrogen-bond acceptors (Lipinski definition) is 7. The van der Waals surface area contributed by atoms with E-state index in [0.717, 1.165) is 11.1 Å². The summed E-state index contributed by atoms with van der Waals surface area (Å²) in [5.41, 5.74) is 7.55. The number of anilines is 1. The Kier molecular flexibility index (Phi) is 4.81. The number of carbonyl (C=O) groups excluding carboxylic acids is 1. The zero-order chi connectivity index (χ0) is 18.1. The first-order valence-corrected chi connectivity index (χ1v) is 8.46. The van der Waals surface area contributed by atoms with Crippen LogP contribution in [0.3, 0.4) is 0 Å². The van der Waals surface area contributed by atoms with Gasteiger partial charge in [-0.25, -0.2) is 13.9 Å². The van der Waals surface area contributed by atoms with Gasteiger partial charge in [0, 0.05) is 25.2 Å². The van der Waals surface area contributed by atoms with Crippen LogP contribution in [0.5, 0.6) is 0 Å². The summed E-state index contributed by atoms with van der Waals surface area (Å²) in [6.07, 6.45) is 0. The smallest absolute Gasteiger partial charge is 0.281 e. The average Bonchev–Trinajstić information content (AvgIpc) is 2.58. The van der Waals surface area contributed by atoms with Crippen molar-refractivity contribution in [3.8, 4) is 0 Å². The number of nitrogens with two attached hydrogens (primary N) is 1. The van der Waals surface area contributed by atoms with Crippen molar-refractivity contribution < 1.29 is 23.5 Å². The molecule has 1 atom stereocenters. The van der Waals surface area contributed by atoms with E-state index in [-0.39, 0.29) is 4.90 Å². The first-order chi connectivity index (χ1) is 11.2. The van der Waals surface area contributed by atoms with Crippen LogP contribution < -0.4 is 16.1 Å². The summed E-state index contributed by atoms with van der Waals surface area (Å²) in [5, 5.41) is 19.5. The standard InChI is InChI=1S/C15H19N3O5S/c1-18(2)13-5-3-4-10-6-7-11(8-12(10)13)24(22,23)15(16,9-19)14(20)17-21/h3-8,19,21H,9,16H2,1-2H3,(H,17,20)/t15-/m1/s1. The zero-order valence-electron chi connectivity index (χ0n) is 13.2. The number of aliphatic hydroxyl groups excluding tert-OH is 1. The van der Waals surface area contributed by atoms with Crippen molar-refractivity contribution in [2.24, 2.45) is 5.73 Å². The molecule has 0 unspecified atom stereocenters. The van der Waals surface area contributed by atoms with E-state index in [1.165, 1.54) is 17.6 Å². The lowest BCUT2D eigenvalue weighted by atomic mass is 10.1. The van der Waals surface area contributed by atoms with Gasteiger partial charge in [-0.1, -0.05) is 18.2 Å². The van der Waals surface area contributed by atoms with E-state index in [1.807, 2.05) is 37.2 Å². The molecule has 2 aromatic carbocycles. The third-order valence-corrected chi connectivity index (χ3v) is 5.97. The molecule has 0 radical (unpaired) electrons. The summed E-state index contributed by atoms with van der Waals surface area (Å²) in [7, 11) is -0.828. The number of amides is 1. The van der Waals surface area contributed by atoms with E-state index in [0.29, 0.717) is 5.39 Å². The van der Waals surface area contributed by atoms with Crippen LogP contribution in [0.2, 0.25) is 0 Å². The minimum absolute atomic E-state index is 0.232. The lowest BCUT2D eigenvalue weighted by Crippen LogP contribution is -2.61. The van der Waals surface area contributed by atoms with Gasteiger partial charge in [-0.05, 0) is 23.6 Å². The molecule has 130 valence electrons. The molecule has 0 bridgehead atoms. The van der Waals surface area contributed by atoms with Crippen LogP contribution in [0.15, 0.2) is 41.3 Å². The summed E-state index contributed by atoms with van der Waals surface area (Å²) in [4.78, 5) is 10.6. The largest absolute Gasteiger partial charge is 0.393 e. The Hall–Kier alpha value is -2.20. The number of sulfone groups is 1. The number of carbonyl (C=O) groups is 1.